The summed E-state index contributed by atoms with van der Waals surface area (Å²) in [6.45, 7) is 6.37. The van der Waals surface area contributed by atoms with E-state index in [4.69, 9.17) is 9.47 Å². The van der Waals surface area contributed by atoms with Gasteiger partial charge in [0.1, 0.15) is 11.4 Å². The molecule has 24 heavy (non-hydrogen) atoms. The summed E-state index contributed by atoms with van der Waals surface area (Å²) in [4.78, 5) is 22.5. The van der Waals surface area contributed by atoms with E-state index in [1.54, 1.807) is 0 Å². The molecule has 0 unspecified atom stereocenters. The van der Waals surface area contributed by atoms with Crippen LogP contribution in [0.5, 0.6) is 5.75 Å². The molecule has 1 aliphatic heterocycles. The molecule has 0 radical (unpaired) electrons. The number of nitro groups is 1. The van der Waals surface area contributed by atoms with Crippen molar-refractivity contribution in [2.24, 2.45) is 11.8 Å². The van der Waals surface area contributed by atoms with Gasteiger partial charge < -0.3 is 9.47 Å². The summed E-state index contributed by atoms with van der Waals surface area (Å²) >= 11 is 0. The standard InChI is InChI=1S/C18H23NO5/c1-12-8-9-18(17(2,3)24-18)13(10-12)11-16(20)23-15-6-4-14(5-7-15)19(21)22/h4-7,12-13H,8-11H2,1-3H3/t12-,13+,18+/m0/s1. The number of rotatable bonds is 4. The Kier molecular flexibility index (Phi) is 4.11. The van der Waals surface area contributed by atoms with Gasteiger partial charge in [-0.25, -0.2) is 0 Å². The van der Waals surface area contributed by atoms with Crippen LogP contribution in [0.1, 0.15) is 46.5 Å². The molecule has 3 atom stereocenters. The van der Waals surface area contributed by atoms with Crippen molar-refractivity contribution in [2.45, 2.75) is 57.7 Å². The van der Waals surface area contributed by atoms with Crippen LogP contribution >= 0.6 is 0 Å². The fourth-order valence-electron chi connectivity index (χ4n) is 4.07. The van der Waals surface area contributed by atoms with Crippen molar-refractivity contribution in [3.63, 3.8) is 0 Å². The Morgan fingerprint density at radius 1 is 1.38 bits per heavy atom. The predicted molar refractivity (Wildman–Crippen MR) is 87.7 cm³/mol. The summed E-state index contributed by atoms with van der Waals surface area (Å²) in [7, 11) is 0. The Hall–Kier alpha value is -1.95. The number of benzene rings is 1. The highest BCUT2D eigenvalue weighted by Crippen LogP contribution is 2.60. The average molecular weight is 333 g/mol. The number of epoxide rings is 1. The molecule has 0 amide bonds. The first-order chi connectivity index (χ1) is 11.2. The molecule has 1 spiro atoms. The highest BCUT2D eigenvalue weighted by Gasteiger charge is 2.68. The molecule has 1 saturated carbocycles. The van der Waals surface area contributed by atoms with Gasteiger partial charge in [-0.2, -0.15) is 0 Å². The predicted octanol–water partition coefficient (Wildman–Crippen LogP) is 3.87. The van der Waals surface area contributed by atoms with Crippen molar-refractivity contribution in [1.29, 1.82) is 0 Å². The van der Waals surface area contributed by atoms with Crippen LogP contribution in [0.4, 0.5) is 5.69 Å². The third kappa shape index (κ3) is 3.02. The number of hydrogen-bond donors (Lipinski definition) is 0. The molecule has 0 bridgehead atoms. The van der Waals surface area contributed by atoms with Gasteiger partial charge >= 0.3 is 5.97 Å². The number of non-ortho nitro benzene ring substituents is 1. The fourth-order valence-corrected chi connectivity index (χ4v) is 4.07. The fraction of sp³-hybridized carbons (Fsp3) is 0.611. The number of ether oxygens (including phenoxy) is 2. The number of nitro benzene ring substituents is 1. The first kappa shape index (κ1) is 16.9. The van der Waals surface area contributed by atoms with Crippen molar-refractivity contribution in [1.82, 2.24) is 0 Å². The maximum atomic E-state index is 12.3. The second-order valence-electron chi connectivity index (χ2n) is 7.51. The van der Waals surface area contributed by atoms with E-state index in [-0.39, 0.29) is 28.8 Å². The van der Waals surface area contributed by atoms with Crippen molar-refractivity contribution >= 4 is 11.7 Å². The molecule has 0 N–H and O–H groups in total. The average Bonchev–Trinajstić information content (AvgIpc) is 3.06. The van der Waals surface area contributed by atoms with Gasteiger partial charge in [-0.1, -0.05) is 6.92 Å². The van der Waals surface area contributed by atoms with Crippen molar-refractivity contribution in [3.8, 4) is 5.75 Å². The van der Waals surface area contributed by atoms with Gasteiger partial charge in [-0.05, 0) is 51.2 Å². The zero-order valence-corrected chi connectivity index (χ0v) is 14.3. The molecule has 2 fully saturated rings. The topological polar surface area (TPSA) is 82.0 Å². The number of esters is 1. The Morgan fingerprint density at radius 2 is 2.00 bits per heavy atom. The molecule has 3 rings (SSSR count). The van der Waals surface area contributed by atoms with Crippen LogP contribution in [-0.4, -0.2) is 22.1 Å². The van der Waals surface area contributed by atoms with E-state index in [0.29, 0.717) is 18.1 Å². The molecule has 1 aliphatic carbocycles. The molecule has 2 aliphatic rings. The minimum absolute atomic E-state index is 0.0250. The lowest BCUT2D eigenvalue weighted by molar-refractivity contribution is -0.384. The van der Waals surface area contributed by atoms with E-state index >= 15 is 0 Å². The van der Waals surface area contributed by atoms with Gasteiger partial charge in [0.05, 0.1) is 16.9 Å². The highest BCUT2D eigenvalue weighted by atomic mass is 16.6. The first-order valence-corrected chi connectivity index (χ1v) is 8.39. The number of nitrogens with zero attached hydrogens (tertiary/aromatic N) is 1. The largest absolute Gasteiger partial charge is 0.427 e. The molecule has 130 valence electrons. The molecular formula is C18H23NO5. The normalized spacial score (nSPS) is 30.8. The number of hydrogen-bond acceptors (Lipinski definition) is 5. The summed E-state index contributed by atoms with van der Waals surface area (Å²) in [5.74, 6) is 0.753. The third-order valence-electron chi connectivity index (χ3n) is 5.46. The molecule has 6 nitrogen and oxygen atoms in total. The van der Waals surface area contributed by atoms with E-state index in [1.807, 2.05) is 0 Å². The van der Waals surface area contributed by atoms with Gasteiger partial charge in [0.15, 0.2) is 0 Å². The van der Waals surface area contributed by atoms with Gasteiger partial charge in [0, 0.05) is 18.1 Å². The van der Waals surface area contributed by atoms with Crippen molar-refractivity contribution in [2.75, 3.05) is 0 Å². The van der Waals surface area contributed by atoms with Crippen LogP contribution < -0.4 is 4.74 Å². The van der Waals surface area contributed by atoms with Crippen LogP contribution in [-0.2, 0) is 9.53 Å². The van der Waals surface area contributed by atoms with Crippen LogP contribution in [0, 0.1) is 22.0 Å². The maximum Gasteiger partial charge on any atom is 0.311 e. The molecule has 1 aromatic carbocycles. The van der Waals surface area contributed by atoms with Gasteiger partial charge in [0.25, 0.3) is 5.69 Å². The molecule has 1 saturated heterocycles. The zero-order valence-electron chi connectivity index (χ0n) is 14.3. The molecule has 6 heteroatoms. The lowest BCUT2D eigenvalue weighted by Crippen LogP contribution is -2.38. The van der Waals surface area contributed by atoms with Crippen LogP contribution in [0.25, 0.3) is 0 Å². The van der Waals surface area contributed by atoms with E-state index in [9.17, 15) is 14.9 Å². The van der Waals surface area contributed by atoms with Gasteiger partial charge in [-0.15, -0.1) is 0 Å². The van der Waals surface area contributed by atoms with Gasteiger partial charge in [0.2, 0.25) is 0 Å². The molecular weight excluding hydrogens is 310 g/mol. The Bertz CT molecular complexity index is 654. The minimum atomic E-state index is -0.481. The lowest BCUT2D eigenvalue weighted by atomic mass is 9.68. The summed E-state index contributed by atoms with van der Waals surface area (Å²) in [6.07, 6.45) is 3.37. The Balaban J connectivity index is 1.64. The maximum absolute atomic E-state index is 12.3. The van der Waals surface area contributed by atoms with Crippen LogP contribution in [0.2, 0.25) is 0 Å². The summed E-state index contributed by atoms with van der Waals surface area (Å²) in [5.41, 5.74) is -0.401. The lowest BCUT2D eigenvalue weighted by Gasteiger charge is -2.34. The summed E-state index contributed by atoms with van der Waals surface area (Å²) in [6, 6.07) is 5.57. The second-order valence-corrected chi connectivity index (χ2v) is 7.51. The second kappa shape index (κ2) is 5.84. The molecule has 1 heterocycles. The van der Waals surface area contributed by atoms with Crippen molar-refractivity contribution < 1.29 is 19.2 Å². The number of carbonyl (C=O) groups is 1. The quantitative estimate of drug-likeness (QED) is 0.275. The SMILES string of the molecule is C[C@H]1CC[C@@]2(OC2(C)C)[C@@H](CC(=O)Oc2ccc([N+](=O)[O-])cc2)C1. The third-order valence-corrected chi connectivity index (χ3v) is 5.46. The summed E-state index contributed by atoms with van der Waals surface area (Å²) in [5, 5.41) is 10.7. The Morgan fingerprint density at radius 3 is 2.54 bits per heavy atom. The van der Waals surface area contributed by atoms with Crippen molar-refractivity contribution in [3.05, 3.63) is 34.4 Å². The van der Waals surface area contributed by atoms with E-state index in [1.165, 1.54) is 24.3 Å². The Labute approximate surface area is 141 Å². The smallest absolute Gasteiger partial charge is 0.311 e. The zero-order chi connectivity index (χ0) is 17.5. The van der Waals surface area contributed by atoms with E-state index < -0.39 is 4.92 Å². The monoisotopic (exact) mass is 333 g/mol. The molecule has 0 aromatic heterocycles. The minimum Gasteiger partial charge on any atom is -0.427 e. The van der Waals surface area contributed by atoms with E-state index in [0.717, 1.165) is 19.3 Å². The number of carbonyl (C=O) groups excluding carboxylic acids is 1. The molecule has 1 aromatic rings. The first-order valence-electron chi connectivity index (χ1n) is 8.39. The van der Waals surface area contributed by atoms with Crippen LogP contribution in [0.3, 0.4) is 0 Å². The van der Waals surface area contributed by atoms with E-state index in [2.05, 4.69) is 20.8 Å². The van der Waals surface area contributed by atoms with Gasteiger partial charge in [-0.3, -0.25) is 14.9 Å². The highest BCUT2D eigenvalue weighted by molar-refractivity contribution is 5.73. The summed E-state index contributed by atoms with van der Waals surface area (Å²) < 4.78 is 11.4. The van der Waals surface area contributed by atoms with Crippen LogP contribution in [0.15, 0.2) is 24.3 Å².